The number of carbonyl (C=O) groups is 4. The maximum atomic E-state index is 13.0. The Balaban J connectivity index is 1.48. The summed E-state index contributed by atoms with van der Waals surface area (Å²) in [6.07, 6.45) is 3.77. The van der Waals surface area contributed by atoms with Crippen LogP contribution >= 0.6 is 34.9 Å². The fourth-order valence-electron chi connectivity index (χ4n) is 3.51. The number of carbonyl (C=O) groups excluding carboxylic acids is 2. The van der Waals surface area contributed by atoms with E-state index in [-0.39, 0.29) is 22.2 Å². The molecule has 16 heteroatoms. The summed E-state index contributed by atoms with van der Waals surface area (Å²) in [7, 11) is 1.90. The summed E-state index contributed by atoms with van der Waals surface area (Å²) < 4.78 is 1.89. The number of pyridine rings is 1. The van der Waals surface area contributed by atoms with E-state index in [1.165, 1.54) is 33.8 Å². The standard InChI is InChI=1S/C21H20N6O7S3/c1-26-4-2-11(3-5-26)35-7-10-8-36-19-15(18(31)27(19)16(10)20(32)33)24-17(30)14(25-34-6-13(28)29)12-9-37-21(22)23-12/h2-5,9,15,19H,6-8H2,1H3,(H4-,22,23,24,28,29,30,32,33)/p+1/t15-,19-/m1/s1. The number of thiazole rings is 1. The van der Waals surface area contributed by atoms with Crippen LogP contribution in [0.1, 0.15) is 5.69 Å². The lowest BCUT2D eigenvalue weighted by Crippen LogP contribution is -2.71. The molecule has 194 valence electrons. The number of hydrogen-bond donors (Lipinski definition) is 4. The number of fused-ring (bicyclic) bond motifs is 1. The first-order valence-corrected chi connectivity index (χ1v) is 13.5. The van der Waals surface area contributed by atoms with Crippen molar-refractivity contribution >= 4 is 69.5 Å². The zero-order valence-electron chi connectivity index (χ0n) is 19.2. The molecule has 4 rings (SSSR count). The second kappa shape index (κ2) is 11.2. The average Bonchev–Trinajstić information content (AvgIpc) is 3.29. The van der Waals surface area contributed by atoms with E-state index in [4.69, 9.17) is 15.7 Å². The number of aromatic nitrogens is 2. The van der Waals surface area contributed by atoms with Gasteiger partial charge in [0.25, 0.3) is 11.8 Å². The zero-order chi connectivity index (χ0) is 26.7. The minimum Gasteiger partial charge on any atom is -0.479 e. The van der Waals surface area contributed by atoms with Crippen molar-refractivity contribution in [2.24, 2.45) is 12.2 Å². The highest BCUT2D eigenvalue weighted by Crippen LogP contribution is 2.41. The fraction of sp³-hybridized carbons (Fsp3) is 0.286. The van der Waals surface area contributed by atoms with Crippen molar-refractivity contribution in [1.82, 2.24) is 15.2 Å². The number of carboxylic acids is 2. The van der Waals surface area contributed by atoms with Crippen LogP contribution in [0.5, 0.6) is 0 Å². The van der Waals surface area contributed by atoms with Gasteiger partial charge in [0, 0.05) is 33.9 Å². The molecule has 0 unspecified atom stereocenters. The number of nitrogens with one attached hydrogen (secondary N) is 1. The molecule has 0 radical (unpaired) electrons. The van der Waals surface area contributed by atoms with E-state index in [0.717, 1.165) is 16.2 Å². The van der Waals surface area contributed by atoms with Gasteiger partial charge in [-0.3, -0.25) is 14.5 Å². The molecule has 2 atom stereocenters. The first-order chi connectivity index (χ1) is 17.7. The van der Waals surface area contributed by atoms with Gasteiger partial charge >= 0.3 is 11.9 Å². The number of hydrogen-bond acceptors (Lipinski definition) is 11. The molecule has 2 aromatic heterocycles. The van der Waals surface area contributed by atoms with Crippen LogP contribution in [0.2, 0.25) is 0 Å². The third-order valence-corrected chi connectivity index (χ3v) is 8.33. The Morgan fingerprint density at radius 2 is 2.08 bits per heavy atom. The third-order valence-electron chi connectivity index (χ3n) is 5.22. The van der Waals surface area contributed by atoms with Crippen molar-refractivity contribution in [3.05, 3.63) is 46.9 Å². The van der Waals surface area contributed by atoms with Crippen LogP contribution in [0.4, 0.5) is 5.13 Å². The number of anilines is 1. The Hall–Kier alpha value is -3.63. The maximum absolute atomic E-state index is 13.0. The van der Waals surface area contributed by atoms with Crippen LogP contribution in [0.3, 0.4) is 0 Å². The predicted molar refractivity (Wildman–Crippen MR) is 135 cm³/mol. The highest BCUT2D eigenvalue weighted by Gasteiger charge is 2.54. The van der Waals surface area contributed by atoms with Gasteiger partial charge in [0.2, 0.25) is 6.61 Å². The summed E-state index contributed by atoms with van der Waals surface area (Å²) in [5.41, 5.74) is 5.83. The lowest BCUT2D eigenvalue weighted by Gasteiger charge is -2.49. The smallest absolute Gasteiger partial charge is 0.352 e. The highest BCUT2D eigenvalue weighted by atomic mass is 32.2. The van der Waals surface area contributed by atoms with Crippen molar-refractivity contribution < 1.29 is 38.8 Å². The van der Waals surface area contributed by atoms with Crippen molar-refractivity contribution in [2.45, 2.75) is 16.3 Å². The van der Waals surface area contributed by atoms with Crippen LogP contribution in [0.25, 0.3) is 0 Å². The van der Waals surface area contributed by atoms with Gasteiger partial charge in [-0.1, -0.05) is 5.16 Å². The molecule has 5 N–H and O–H groups in total. The monoisotopic (exact) mass is 565 g/mol. The molecule has 2 aliphatic heterocycles. The van der Waals surface area contributed by atoms with E-state index < -0.39 is 41.8 Å². The summed E-state index contributed by atoms with van der Waals surface area (Å²) in [4.78, 5) is 59.6. The van der Waals surface area contributed by atoms with E-state index in [2.05, 4.69) is 15.5 Å². The molecule has 0 aromatic carbocycles. The molecule has 0 spiro atoms. The molecule has 4 heterocycles. The summed E-state index contributed by atoms with van der Waals surface area (Å²) in [5, 5.41) is 25.7. The topological polar surface area (TPSA) is 188 Å². The maximum Gasteiger partial charge on any atom is 0.352 e. The number of nitrogen functional groups attached to an aromatic ring is 1. The Bertz CT molecular complexity index is 1310. The van der Waals surface area contributed by atoms with Crippen LogP contribution in [-0.2, 0) is 31.1 Å². The number of rotatable bonds is 10. The van der Waals surface area contributed by atoms with Gasteiger partial charge in [-0.2, -0.15) is 0 Å². The predicted octanol–water partition coefficient (Wildman–Crippen LogP) is -0.114. The number of aliphatic carboxylic acids is 2. The Morgan fingerprint density at radius 3 is 2.70 bits per heavy atom. The van der Waals surface area contributed by atoms with E-state index in [0.29, 0.717) is 17.1 Å². The summed E-state index contributed by atoms with van der Waals surface area (Å²) in [5.74, 6) is -3.19. The molecule has 2 amide bonds. The lowest BCUT2D eigenvalue weighted by atomic mass is 10.0. The Kier molecular flexibility index (Phi) is 7.99. The van der Waals surface area contributed by atoms with Gasteiger partial charge < -0.3 is 26.1 Å². The van der Waals surface area contributed by atoms with Crippen LogP contribution in [0, 0.1) is 0 Å². The van der Waals surface area contributed by atoms with Gasteiger partial charge in [-0.25, -0.2) is 19.1 Å². The van der Waals surface area contributed by atoms with Gasteiger partial charge in [-0.15, -0.1) is 34.9 Å². The molecule has 0 bridgehead atoms. The van der Waals surface area contributed by atoms with Crippen molar-refractivity contribution in [2.75, 3.05) is 23.8 Å². The fourth-order valence-corrected chi connectivity index (χ4v) is 6.43. The third kappa shape index (κ3) is 5.86. The Morgan fingerprint density at radius 1 is 1.35 bits per heavy atom. The van der Waals surface area contributed by atoms with Crippen molar-refractivity contribution in [3.63, 3.8) is 0 Å². The number of thioether (sulfide) groups is 2. The number of β-lactam (4-membered cyclic amide) rings is 1. The molecule has 1 saturated heterocycles. The minimum atomic E-state index is -1.30. The van der Waals surface area contributed by atoms with Crippen LogP contribution < -0.4 is 15.6 Å². The minimum absolute atomic E-state index is 0.0465. The van der Waals surface area contributed by atoms with E-state index in [9.17, 15) is 24.3 Å². The number of nitrogens with two attached hydrogens (primary N) is 1. The molecule has 2 aliphatic rings. The van der Waals surface area contributed by atoms with Gasteiger partial charge in [0.1, 0.15) is 29.9 Å². The van der Waals surface area contributed by atoms with E-state index in [1.54, 1.807) is 0 Å². The first-order valence-electron chi connectivity index (χ1n) is 10.6. The second-order valence-electron chi connectivity index (χ2n) is 7.78. The SMILES string of the molecule is C[n+]1ccc(SCC2=C(C(=O)O)N3C(=O)[C@@H](NC(=O)C(=NOCC(=O)O)c4csc(N)n4)[C@H]3SC2)cc1. The summed E-state index contributed by atoms with van der Waals surface area (Å²) in [6.45, 7) is -0.792. The average molecular weight is 566 g/mol. The first kappa shape index (κ1) is 26.4. The molecule has 37 heavy (non-hydrogen) atoms. The highest BCUT2D eigenvalue weighted by molar-refractivity contribution is 8.01. The number of oxime groups is 1. The van der Waals surface area contributed by atoms with E-state index in [1.807, 2.05) is 36.1 Å². The number of amides is 2. The van der Waals surface area contributed by atoms with Crippen LogP contribution in [0.15, 0.2) is 51.2 Å². The van der Waals surface area contributed by atoms with Gasteiger partial charge in [0.15, 0.2) is 23.2 Å². The number of carboxylic acid groups (broad SMARTS) is 2. The molecule has 0 saturated carbocycles. The molecule has 1 fully saturated rings. The van der Waals surface area contributed by atoms with Crippen LogP contribution in [-0.4, -0.2) is 79.1 Å². The summed E-state index contributed by atoms with van der Waals surface area (Å²) >= 11 is 3.84. The molecule has 0 aliphatic carbocycles. The number of nitrogens with zero attached hydrogens (tertiary/aromatic N) is 4. The van der Waals surface area contributed by atoms with Gasteiger partial charge in [0.05, 0.1) is 0 Å². The van der Waals surface area contributed by atoms with Crippen molar-refractivity contribution in [1.29, 1.82) is 0 Å². The molecule has 13 nitrogen and oxygen atoms in total. The normalized spacial score (nSPS) is 19.2. The Labute approximate surface area is 222 Å². The van der Waals surface area contributed by atoms with Gasteiger partial charge in [-0.05, 0) is 5.57 Å². The number of aryl methyl sites for hydroxylation is 1. The second-order valence-corrected chi connectivity index (χ2v) is 10.8. The summed E-state index contributed by atoms with van der Waals surface area (Å²) in [6, 6.07) is 2.82. The largest absolute Gasteiger partial charge is 0.479 e. The van der Waals surface area contributed by atoms with Crippen molar-refractivity contribution in [3.8, 4) is 0 Å². The zero-order valence-corrected chi connectivity index (χ0v) is 21.6. The molecular weight excluding hydrogens is 544 g/mol. The lowest BCUT2D eigenvalue weighted by molar-refractivity contribution is -0.671. The quantitative estimate of drug-likeness (QED) is 0.0989. The molecule has 2 aromatic rings. The van der Waals surface area contributed by atoms with E-state index >= 15 is 0 Å². The molecular formula is C21H21N6O7S3+.